The van der Waals surface area contributed by atoms with Gasteiger partial charge in [0.1, 0.15) is 5.41 Å². The van der Waals surface area contributed by atoms with Crippen LogP contribution in [0.3, 0.4) is 0 Å². The Morgan fingerprint density at radius 3 is 2.47 bits per heavy atom. The molecule has 1 heterocycles. The van der Waals surface area contributed by atoms with E-state index in [0.717, 1.165) is 26.4 Å². The van der Waals surface area contributed by atoms with E-state index in [1.165, 1.54) is 0 Å². The predicted molar refractivity (Wildman–Crippen MR) is 64.6 cm³/mol. The number of carbonyl (C=O) groups is 1. The first kappa shape index (κ1) is 14.7. The Morgan fingerprint density at radius 1 is 1.37 bits per heavy atom. The summed E-state index contributed by atoms with van der Waals surface area (Å²) in [4.78, 5) is 11.9. The summed E-state index contributed by atoms with van der Waals surface area (Å²) in [5, 5.41) is 0. The molecule has 0 bridgehead atoms. The molecule has 110 valence electrons. The van der Waals surface area contributed by atoms with Crippen molar-refractivity contribution in [3.8, 4) is 0 Å². The molecular weight excluding hydrogens is 278 g/mol. The third kappa shape index (κ3) is 2.49. The molecule has 1 atom stereocenters. The Labute approximate surface area is 111 Å². The molecule has 1 saturated carbocycles. The number of hydrogen-bond acceptors (Lipinski definition) is 4. The lowest BCUT2D eigenvalue weighted by Crippen LogP contribution is -2.58. The highest BCUT2D eigenvalue weighted by molar-refractivity contribution is 7.91. The molecule has 0 aromatic carbocycles. The van der Waals surface area contributed by atoms with Crippen LogP contribution in [0.2, 0.25) is 0 Å². The van der Waals surface area contributed by atoms with Crippen LogP contribution in [0.5, 0.6) is 0 Å². The zero-order chi connectivity index (χ0) is 14.3. The van der Waals surface area contributed by atoms with Crippen molar-refractivity contribution in [3.05, 3.63) is 0 Å². The van der Waals surface area contributed by atoms with Gasteiger partial charge in [0.05, 0.1) is 18.6 Å². The van der Waals surface area contributed by atoms with Gasteiger partial charge in [-0.1, -0.05) is 19.3 Å². The molecule has 2 rings (SSSR count). The van der Waals surface area contributed by atoms with Gasteiger partial charge in [0.15, 0.2) is 9.84 Å². The lowest BCUT2D eigenvalue weighted by atomic mass is 9.68. The zero-order valence-corrected chi connectivity index (χ0v) is 11.6. The van der Waals surface area contributed by atoms with Crippen LogP contribution >= 0.6 is 0 Å². The maximum Gasteiger partial charge on any atom is 0.319 e. The number of methoxy groups -OCH3 is 1. The van der Waals surface area contributed by atoms with E-state index in [4.69, 9.17) is 0 Å². The van der Waals surface area contributed by atoms with E-state index in [2.05, 4.69) is 4.74 Å². The molecule has 0 aromatic rings. The number of ether oxygens (including phenoxy) is 1. The molecule has 0 amide bonds. The summed E-state index contributed by atoms with van der Waals surface area (Å²) in [6.45, 7) is 0. The number of alkyl halides is 2. The third-order valence-corrected chi connectivity index (χ3v) is 6.09. The molecule has 1 aliphatic heterocycles. The molecule has 1 unspecified atom stereocenters. The molecule has 0 radical (unpaired) electrons. The molecule has 1 aliphatic carbocycles. The summed E-state index contributed by atoms with van der Waals surface area (Å²) in [6.07, 6.45) is 1.60. The van der Waals surface area contributed by atoms with Gasteiger partial charge in [0, 0.05) is 6.42 Å². The molecule has 2 aliphatic rings. The molecule has 0 spiro atoms. The lowest BCUT2D eigenvalue weighted by Gasteiger charge is -2.44. The van der Waals surface area contributed by atoms with Gasteiger partial charge in [-0.25, -0.2) is 17.2 Å². The van der Waals surface area contributed by atoms with Gasteiger partial charge in [0.25, 0.3) is 5.92 Å². The van der Waals surface area contributed by atoms with Crippen molar-refractivity contribution in [1.29, 1.82) is 0 Å². The van der Waals surface area contributed by atoms with E-state index >= 15 is 0 Å². The summed E-state index contributed by atoms with van der Waals surface area (Å²) in [5.74, 6) is -5.77. The molecular formula is C12H18F2O4S. The summed E-state index contributed by atoms with van der Waals surface area (Å²) in [6, 6.07) is 0. The van der Waals surface area contributed by atoms with Crippen molar-refractivity contribution in [2.24, 2.45) is 11.3 Å². The molecule has 19 heavy (non-hydrogen) atoms. The van der Waals surface area contributed by atoms with E-state index in [0.29, 0.717) is 0 Å². The summed E-state index contributed by atoms with van der Waals surface area (Å²) in [7, 11) is -2.60. The third-order valence-electron chi connectivity index (χ3n) is 4.33. The van der Waals surface area contributed by atoms with Crippen molar-refractivity contribution in [2.75, 3.05) is 18.6 Å². The minimum absolute atomic E-state index is 0.00160. The quantitative estimate of drug-likeness (QED) is 0.745. The fraction of sp³-hybridized carbons (Fsp3) is 0.917. The van der Waals surface area contributed by atoms with Crippen LogP contribution in [0.1, 0.15) is 32.1 Å². The highest BCUT2D eigenvalue weighted by atomic mass is 32.2. The Kier molecular flexibility index (Phi) is 3.62. The summed E-state index contributed by atoms with van der Waals surface area (Å²) < 4.78 is 56.5. The number of carbonyl (C=O) groups excluding carboxylic acids is 1. The van der Waals surface area contributed by atoms with Crippen molar-refractivity contribution in [1.82, 2.24) is 0 Å². The minimum atomic E-state index is -3.63. The Bertz CT molecular complexity index is 470. The van der Waals surface area contributed by atoms with E-state index in [1.54, 1.807) is 0 Å². The van der Waals surface area contributed by atoms with E-state index in [9.17, 15) is 22.0 Å². The highest BCUT2D eigenvalue weighted by Crippen LogP contribution is 2.51. The number of rotatable bonds is 3. The SMILES string of the molecule is COC(=O)C1(CC2CCC2)CS(=O)(=O)CCC1(F)F. The second kappa shape index (κ2) is 4.68. The van der Waals surface area contributed by atoms with Gasteiger partial charge in [-0.3, -0.25) is 4.79 Å². The minimum Gasteiger partial charge on any atom is -0.468 e. The summed E-state index contributed by atoms with van der Waals surface area (Å²) >= 11 is 0. The van der Waals surface area contributed by atoms with Gasteiger partial charge >= 0.3 is 5.97 Å². The standard InChI is InChI=1S/C12H18F2O4S/c1-18-10(15)11(7-9-3-2-4-9)8-19(16,17)6-5-12(11,13)14/h9H,2-8H2,1H3. The normalized spacial score (nSPS) is 33.4. The van der Waals surface area contributed by atoms with Gasteiger partial charge < -0.3 is 4.74 Å². The largest absolute Gasteiger partial charge is 0.468 e. The second-order valence-electron chi connectivity index (χ2n) is 5.62. The fourth-order valence-electron chi connectivity index (χ4n) is 2.96. The van der Waals surface area contributed by atoms with Gasteiger partial charge in [-0.05, 0) is 12.3 Å². The van der Waals surface area contributed by atoms with Crippen molar-refractivity contribution >= 4 is 15.8 Å². The first-order chi connectivity index (χ1) is 8.72. The topological polar surface area (TPSA) is 60.4 Å². The first-order valence-corrected chi connectivity index (χ1v) is 8.21. The Balaban J connectivity index is 2.39. The molecule has 0 N–H and O–H groups in total. The van der Waals surface area contributed by atoms with E-state index < -0.39 is 45.1 Å². The van der Waals surface area contributed by atoms with Crippen LogP contribution in [0.4, 0.5) is 8.78 Å². The van der Waals surface area contributed by atoms with Crippen molar-refractivity contribution in [3.63, 3.8) is 0 Å². The first-order valence-electron chi connectivity index (χ1n) is 6.39. The smallest absolute Gasteiger partial charge is 0.319 e. The van der Waals surface area contributed by atoms with Crippen LogP contribution in [-0.2, 0) is 19.4 Å². The average molecular weight is 296 g/mol. The maximum atomic E-state index is 14.3. The summed E-state index contributed by atoms with van der Waals surface area (Å²) in [5.41, 5.74) is -2.19. The van der Waals surface area contributed by atoms with Crippen molar-refractivity contribution < 1.29 is 26.7 Å². The number of halogens is 2. The zero-order valence-electron chi connectivity index (χ0n) is 10.8. The Morgan fingerprint density at radius 2 is 2.00 bits per heavy atom. The molecule has 7 heteroatoms. The number of esters is 1. The number of sulfone groups is 1. The Hall–Kier alpha value is -0.720. The average Bonchev–Trinajstić information content (AvgIpc) is 2.27. The van der Waals surface area contributed by atoms with Crippen LogP contribution in [0, 0.1) is 11.3 Å². The molecule has 2 fully saturated rings. The second-order valence-corrected chi connectivity index (χ2v) is 7.81. The van der Waals surface area contributed by atoms with Gasteiger partial charge in [-0.2, -0.15) is 0 Å². The van der Waals surface area contributed by atoms with Crippen LogP contribution in [0.15, 0.2) is 0 Å². The van der Waals surface area contributed by atoms with Crippen molar-refractivity contribution in [2.45, 2.75) is 38.0 Å². The highest BCUT2D eigenvalue weighted by Gasteiger charge is 2.64. The molecule has 1 saturated heterocycles. The van der Waals surface area contributed by atoms with Gasteiger partial charge in [-0.15, -0.1) is 0 Å². The molecule has 0 aromatic heterocycles. The lowest BCUT2D eigenvalue weighted by molar-refractivity contribution is -0.185. The van der Waals surface area contributed by atoms with Crippen LogP contribution < -0.4 is 0 Å². The van der Waals surface area contributed by atoms with Crippen LogP contribution in [-0.4, -0.2) is 38.9 Å². The predicted octanol–water partition coefficient (Wildman–Crippen LogP) is 1.79. The number of hydrogen-bond donors (Lipinski definition) is 0. The van der Waals surface area contributed by atoms with E-state index in [1.807, 2.05) is 0 Å². The fourth-order valence-corrected chi connectivity index (χ4v) is 4.87. The van der Waals surface area contributed by atoms with E-state index in [-0.39, 0.29) is 12.3 Å². The van der Waals surface area contributed by atoms with Crippen LogP contribution in [0.25, 0.3) is 0 Å². The maximum absolute atomic E-state index is 14.3. The molecule has 4 nitrogen and oxygen atoms in total. The monoisotopic (exact) mass is 296 g/mol. The van der Waals surface area contributed by atoms with Gasteiger partial charge in [0.2, 0.25) is 0 Å².